The van der Waals surface area contributed by atoms with E-state index in [-0.39, 0.29) is 18.5 Å². The van der Waals surface area contributed by atoms with Gasteiger partial charge >= 0.3 is 0 Å². The van der Waals surface area contributed by atoms with Crippen molar-refractivity contribution in [2.45, 2.75) is 19.0 Å². The summed E-state index contributed by atoms with van der Waals surface area (Å²) in [4.78, 5) is 21.0. The maximum Gasteiger partial charge on any atom is 0.298 e. The molecule has 0 bridgehead atoms. The number of aromatic amines is 1. The Balaban J connectivity index is 1.31. The van der Waals surface area contributed by atoms with E-state index < -0.39 is 10.2 Å². The number of nitrogens with one attached hydrogen (secondary N) is 3. The van der Waals surface area contributed by atoms with Crippen molar-refractivity contribution in [2.24, 2.45) is 0 Å². The Bertz CT molecular complexity index is 1210. The summed E-state index contributed by atoms with van der Waals surface area (Å²) in [5.41, 5.74) is 2.30. The minimum Gasteiger partial charge on any atom is -0.346 e. The van der Waals surface area contributed by atoms with Gasteiger partial charge < -0.3 is 9.88 Å². The molecule has 1 unspecified atom stereocenters. The summed E-state index contributed by atoms with van der Waals surface area (Å²) in [7, 11) is -3.72. The molecule has 9 heteroatoms. The fraction of sp³-hybridized carbons (Fsp3) is 0.238. The summed E-state index contributed by atoms with van der Waals surface area (Å²) in [5, 5.41) is 0.870. The third-order valence-corrected chi connectivity index (χ3v) is 6.06. The summed E-state index contributed by atoms with van der Waals surface area (Å²) in [6, 6.07) is 12.5. The number of carbonyl (C=O) groups excluding carboxylic acids is 1. The smallest absolute Gasteiger partial charge is 0.298 e. The number of rotatable bonds is 5. The predicted octanol–water partition coefficient (Wildman–Crippen LogP) is 1.14. The lowest BCUT2D eigenvalue weighted by Gasteiger charge is -2.15. The lowest BCUT2D eigenvalue weighted by atomic mass is 10.2. The van der Waals surface area contributed by atoms with E-state index >= 15 is 0 Å². The Morgan fingerprint density at radius 3 is 2.90 bits per heavy atom. The number of benzene rings is 1. The van der Waals surface area contributed by atoms with E-state index in [0.717, 1.165) is 16.5 Å². The highest BCUT2D eigenvalue weighted by atomic mass is 32.2. The molecule has 0 aliphatic carbocycles. The van der Waals surface area contributed by atoms with Gasteiger partial charge in [-0.1, -0.05) is 24.1 Å². The topological polar surface area (TPSA) is 107 Å². The Hall–Kier alpha value is -3.19. The molecule has 0 spiro atoms. The summed E-state index contributed by atoms with van der Waals surface area (Å²) < 4.78 is 30.1. The van der Waals surface area contributed by atoms with Crippen LogP contribution >= 0.6 is 0 Å². The number of nitrogens with zero attached hydrogens (tertiary/aromatic N) is 2. The number of H-pyrrole nitrogens is 1. The van der Waals surface area contributed by atoms with E-state index in [2.05, 4.69) is 31.3 Å². The number of hydrogen-bond donors (Lipinski definition) is 3. The SMILES string of the molecule is O=C(C#Cc1ccccc1)N1CCC(NS(=O)(=O)NCc2ccnc3[nH]ccc23)C1. The average Bonchev–Trinajstić information content (AvgIpc) is 3.40. The molecule has 1 fully saturated rings. The van der Waals surface area contributed by atoms with Crippen molar-refractivity contribution >= 4 is 27.1 Å². The van der Waals surface area contributed by atoms with Crippen LogP contribution in [0.2, 0.25) is 0 Å². The molecule has 1 amide bonds. The van der Waals surface area contributed by atoms with Gasteiger partial charge in [-0.2, -0.15) is 17.9 Å². The van der Waals surface area contributed by atoms with Gasteiger partial charge in [-0.3, -0.25) is 4.79 Å². The highest BCUT2D eigenvalue weighted by molar-refractivity contribution is 7.87. The Labute approximate surface area is 174 Å². The lowest BCUT2D eigenvalue weighted by Crippen LogP contribution is -2.44. The zero-order chi connectivity index (χ0) is 21.0. The molecule has 1 atom stereocenters. The number of carbonyl (C=O) groups is 1. The van der Waals surface area contributed by atoms with Crippen LogP contribution in [0.1, 0.15) is 17.5 Å². The molecule has 1 saturated heterocycles. The van der Waals surface area contributed by atoms with Gasteiger partial charge in [-0.25, -0.2) is 4.98 Å². The minimum atomic E-state index is -3.72. The quantitative estimate of drug-likeness (QED) is 0.535. The van der Waals surface area contributed by atoms with Crippen molar-refractivity contribution < 1.29 is 13.2 Å². The van der Waals surface area contributed by atoms with Crippen molar-refractivity contribution in [3.63, 3.8) is 0 Å². The second-order valence-corrected chi connectivity index (χ2v) is 8.54. The first-order valence-electron chi connectivity index (χ1n) is 9.54. The Morgan fingerprint density at radius 2 is 2.07 bits per heavy atom. The van der Waals surface area contributed by atoms with Crippen LogP contribution in [0.25, 0.3) is 11.0 Å². The average molecular weight is 423 g/mol. The van der Waals surface area contributed by atoms with Crippen molar-refractivity contribution in [3.8, 4) is 11.8 Å². The molecular weight excluding hydrogens is 402 g/mol. The normalized spacial score (nSPS) is 16.4. The van der Waals surface area contributed by atoms with E-state index in [1.165, 1.54) is 0 Å². The molecule has 3 N–H and O–H groups in total. The van der Waals surface area contributed by atoms with Gasteiger partial charge in [0, 0.05) is 54.9 Å². The van der Waals surface area contributed by atoms with Gasteiger partial charge in [-0.15, -0.1) is 0 Å². The molecule has 3 aromatic rings. The van der Waals surface area contributed by atoms with Crippen LogP contribution in [-0.4, -0.2) is 48.3 Å². The molecule has 8 nitrogen and oxygen atoms in total. The third kappa shape index (κ3) is 4.86. The van der Waals surface area contributed by atoms with Crippen LogP contribution in [0, 0.1) is 11.8 Å². The fourth-order valence-electron chi connectivity index (χ4n) is 3.37. The zero-order valence-corrected chi connectivity index (χ0v) is 16.9. The number of likely N-dealkylation sites (tertiary alicyclic amines) is 1. The summed E-state index contributed by atoms with van der Waals surface area (Å²) in [6.07, 6.45) is 3.93. The molecule has 154 valence electrons. The molecule has 1 aliphatic rings. The highest BCUT2D eigenvalue weighted by Crippen LogP contribution is 2.15. The first-order chi connectivity index (χ1) is 14.5. The number of amides is 1. The van der Waals surface area contributed by atoms with Crippen molar-refractivity contribution in [1.29, 1.82) is 0 Å². The van der Waals surface area contributed by atoms with Gasteiger partial charge in [0.2, 0.25) is 0 Å². The molecule has 0 radical (unpaired) electrons. The molecule has 4 rings (SSSR count). The summed E-state index contributed by atoms with van der Waals surface area (Å²) in [6.45, 7) is 0.897. The predicted molar refractivity (Wildman–Crippen MR) is 113 cm³/mol. The molecule has 0 saturated carbocycles. The molecule has 1 aromatic carbocycles. The van der Waals surface area contributed by atoms with Crippen LogP contribution < -0.4 is 9.44 Å². The Morgan fingerprint density at radius 1 is 1.23 bits per heavy atom. The van der Waals surface area contributed by atoms with E-state index in [0.29, 0.717) is 25.2 Å². The van der Waals surface area contributed by atoms with Gasteiger partial charge in [0.15, 0.2) is 0 Å². The minimum absolute atomic E-state index is 0.143. The van der Waals surface area contributed by atoms with E-state index in [9.17, 15) is 13.2 Å². The van der Waals surface area contributed by atoms with Gasteiger partial charge in [0.1, 0.15) is 5.65 Å². The van der Waals surface area contributed by atoms with Crippen LogP contribution in [0.3, 0.4) is 0 Å². The monoisotopic (exact) mass is 423 g/mol. The molecular formula is C21H21N5O3S. The van der Waals surface area contributed by atoms with E-state index in [1.807, 2.05) is 36.4 Å². The summed E-state index contributed by atoms with van der Waals surface area (Å²) in [5.74, 6) is 5.15. The molecule has 2 aromatic heterocycles. The standard InChI is InChI=1S/C21H21N5O3S/c27-20(7-6-16-4-2-1-3-5-16)26-13-10-18(15-26)25-30(28,29)24-14-17-8-11-22-21-19(17)9-12-23-21/h1-5,8-9,11-12,18,24-25H,10,13-15H2,(H,22,23). The molecule has 3 heterocycles. The Kier molecular flexibility index (Phi) is 5.81. The largest absolute Gasteiger partial charge is 0.346 e. The van der Waals surface area contributed by atoms with Crippen molar-refractivity contribution in [1.82, 2.24) is 24.3 Å². The summed E-state index contributed by atoms with van der Waals surface area (Å²) >= 11 is 0. The third-order valence-electron chi connectivity index (χ3n) is 4.89. The molecule has 30 heavy (non-hydrogen) atoms. The fourth-order valence-corrected chi connectivity index (χ4v) is 4.43. The second-order valence-electron chi connectivity index (χ2n) is 7.01. The number of pyridine rings is 1. The van der Waals surface area contributed by atoms with Crippen LogP contribution in [0.4, 0.5) is 0 Å². The van der Waals surface area contributed by atoms with E-state index in [4.69, 9.17) is 0 Å². The van der Waals surface area contributed by atoms with Gasteiger partial charge in [-0.05, 0) is 36.2 Å². The first kappa shape index (κ1) is 20.1. The van der Waals surface area contributed by atoms with Crippen LogP contribution in [0.5, 0.6) is 0 Å². The van der Waals surface area contributed by atoms with E-state index in [1.54, 1.807) is 23.4 Å². The molecule has 1 aliphatic heterocycles. The second kappa shape index (κ2) is 8.67. The lowest BCUT2D eigenvalue weighted by molar-refractivity contribution is -0.124. The maximum absolute atomic E-state index is 12.4. The van der Waals surface area contributed by atoms with Gasteiger partial charge in [0.05, 0.1) is 0 Å². The first-order valence-corrected chi connectivity index (χ1v) is 11.0. The maximum atomic E-state index is 12.4. The van der Waals surface area contributed by atoms with Crippen molar-refractivity contribution in [2.75, 3.05) is 13.1 Å². The van der Waals surface area contributed by atoms with Crippen LogP contribution in [0.15, 0.2) is 54.9 Å². The number of aromatic nitrogens is 2. The highest BCUT2D eigenvalue weighted by Gasteiger charge is 2.28. The van der Waals surface area contributed by atoms with Crippen LogP contribution in [-0.2, 0) is 21.5 Å². The van der Waals surface area contributed by atoms with Crippen molar-refractivity contribution in [3.05, 3.63) is 66.0 Å². The number of hydrogen-bond acceptors (Lipinski definition) is 4. The zero-order valence-electron chi connectivity index (χ0n) is 16.1. The number of fused-ring (bicyclic) bond motifs is 1. The van der Waals surface area contributed by atoms with Gasteiger partial charge in [0.25, 0.3) is 16.1 Å².